The highest BCUT2D eigenvalue weighted by molar-refractivity contribution is 9.10. The summed E-state index contributed by atoms with van der Waals surface area (Å²) in [5.41, 5.74) is 0. The lowest BCUT2D eigenvalue weighted by Crippen LogP contribution is -2.14. The number of rotatable bonds is 6. The topological polar surface area (TPSA) is 66.2 Å². The standard InChI is InChI=1S/C10H15BrN2O2S/c1-2-3-9-12-8(11)4-10(13-9)16-6-7(15)5-14/h4,7,14-15H,2-3,5-6H2,1H3. The molecule has 1 heterocycles. The lowest BCUT2D eigenvalue weighted by atomic mass is 10.3. The molecule has 2 N–H and O–H groups in total. The summed E-state index contributed by atoms with van der Waals surface area (Å²) >= 11 is 4.75. The van der Waals surface area contributed by atoms with Gasteiger partial charge in [-0.15, -0.1) is 11.8 Å². The molecule has 0 saturated carbocycles. The van der Waals surface area contributed by atoms with E-state index >= 15 is 0 Å². The van der Waals surface area contributed by atoms with E-state index in [9.17, 15) is 5.11 Å². The van der Waals surface area contributed by atoms with Crippen LogP contribution in [0.4, 0.5) is 0 Å². The zero-order valence-electron chi connectivity index (χ0n) is 9.06. The third-order valence-electron chi connectivity index (χ3n) is 1.83. The van der Waals surface area contributed by atoms with E-state index < -0.39 is 6.10 Å². The van der Waals surface area contributed by atoms with Crippen LogP contribution in [-0.2, 0) is 6.42 Å². The molecule has 0 bridgehead atoms. The SMILES string of the molecule is CCCc1nc(Br)cc(SCC(O)CO)n1. The number of halogens is 1. The smallest absolute Gasteiger partial charge is 0.130 e. The average Bonchev–Trinajstić information content (AvgIpc) is 2.25. The second kappa shape index (κ2) is 7.21. The monoisotopic (exact) mass is 306 g/mol. The molecular formula is C10H15BrN2O2S. The Labute approximate surface area is 108 Å². The number of aryl methyl sites for hydroxylation is 1. The van der Waals surface area contributed by atoms with E-state index in [4.69, 9.17) is 5.11 Å². The minimum Gasteiger partial charge on any atom is -0.394 e. The normalized spacial score (nSPS) is 12.8. The molecule has 0 fully saturated rings. The average molecular weight is 307 g/mol. The summed E-state index contributed by atoms with van der Waals surface area (Å²) in [7, 11) is 0. The van der Waals surface area contributed by atoms with Gasteiger partial charge in [-0.05, 0) is 22.4 Å². The molecule has 90 valence electrons. The summed E-state index contributed by atoms with van der Waals surface area (Å²) in [5, 5.41) is 18.8. The first-order valence-electron chi connectivity index (χ1n) is 5.11. The highest BCUT2D eigenvalue weighted by Crippen LogP contribution is 2.20. The van der Waals surface area contributed by atoms with Gasteiger partial charge in [-0.1, -0.05) is 6.92 Å². The van der Waals surface area contributed by atoms with Gasteiger partial charge in [0.1, 0.15) is 15.5 Å². The number of hydrogen-bond donors (Lipinski definition) is 2. The van der Waals surface area contributed by atoms with Crippen LogP contribution in [0.25, 0.3) is 0 Å². The van der Waals surface area contributed by atoms with Crippen molar-refractivity contribution in [3.8, 4) is 0 Å². The predicted octanol–water partition coefficient (Wildman–Crippen LogP) is 1.64. The summed E-state index contributed by atoms with van der Waals surface area (Å²) in [5.74, 6) is 1.24. The van der Waals surface area contributed by atoms with Crippen molar-refractivity contribution >= 4 is 27.7 Å². The van der Waals surface area contributed by atoms with Gasteiger partial charge < -0.3 is 10.2 Å². The molecule has 16 heavy (non-hydrogen) atoms. The van der Waals surface area contributed by atoms with Gasteiger partial charge in [0.15, 0.2) is 0 Å². The van der Waals surface area contributed by atoms with Crippen molar-refractivity contribution in [2.75, 3.05) is 12.4 Å². The summed E-state index contributed by atoms with van der Waals surface area (Å²) in [6.07, 6.45) is 1.14. The fourth-order valence-corrected chi connectivity index (χ4v) is 2.49. The van der Waals surface area contributed by atoms with Crippen molar-refractivity contribution < 1.29 is 10.2 Å². The van der Waals surface area contributed by atoms with Crippen LogP contribution in [0.2, 0.25) is 0 Å². The fraction of sp³-hybridized carbons (Fsp3) is 0.600. The maximum atomic E-state index is 9.24. The minimum atomic E-state index is -0.701. The van der Waals surface area contributed by atoms with Gasteiger partial charge in [-0.25, -0.2) is 9.97 Å². The van der Waals surface area contributed by atoms with Crippen molar-refractivity contribution in [2.45, 2.75) is 30.9 Å². The van der Waals surface area contributed by atoms with Gasteiger partial charge in [0.2, 0.25) is 0 Å². The second-order valence-electron chi connectivity index (χ2n) is 3.34. The summed E-state index contributed by atoms with van der Waals surface area (Å²) in [6, 6.07) is 1.81. The molecule has 6 heteroatoms. The maximum absolute atomic E-state index is 9.24. The number of thioether (sulfide) groups is 1. The molecule has 1 aromatic heterocycles. The van der Waals surface area contributed by atoms with Crippen LogP contribution in [0.3, 0.4) is 0 Å². The van der Waals surface area contributed by atoms with Crippen molar-refractivity contribution in [3.63, 3.8) is 0 Å². The van der Waals surface area contributed by atoms with E-state index in [0.717, 1.165) is 28.3 Å². The van der Waals surface area contributed by atoms with Gasteiger partial charge in [0.05, 0.1) is 12.7 Å². The predicted molar refractivity (Wildman–Crippen MR) is 67.5 cm³/mol. The van der Waals surface area contributed by atoms with Crippen molar-refractivity contribution in [1.82, 2.24) is 9.97 Å². The Bertz CT molecular complexity index is 339. The van der Waals surface area contributed by atoms with Crippen LogP contribution >= 0.6 is 27.7 Å². The van der Waals surface area contributed by atoms with Crippen molar-refractivity contribution in [1.29, 1.82) is 0 Å². The molecule has 0 amide bonds. The highest BCUT2D eigenvalue weighted by Gasteiger charge is 2.06. The first-order chi connectivity index (χ1) is 7.65. The maximum Gasteiger partial charge on any atom is 0.130 e. The zero-order valence-corrected chi connectivity index (χ0v) is 11.5. The molecule has 0 radical (unpaired) electrons. The fourth-order valence-electron chi connectivity index (χ4n) is 1.09. The summed E-state index contributed by atoms with van der Waals surface area (Å²) in [4.78, 5) is 8.61. The third kappa shape index (κ3) is 4.78. The summed E-state index contributed by atoms with van der Waals surface area (Å²) < 4.78 is 0.756. The Morgan fingerprint density at radius 2 is 2.25 bits per heavy atom. The van der Waals surface area contributed by atoms with E-state index in [1.165, 1.54) is 11.8 Å². The molecule has 1 rings (SSSR count). The molecular weight excluding hydrogens is 292 g/mol. The lowest BCUT2D eigenvalue weighted by molar-refractivity contribution is 0.113. The molecule has 1 unspecified atom stereocenters. The molecule has 0 aliphatic rings. The first-order valence-corrected chi connectivity index (χ1v) is 6.88. The quantitative estimate of drug-likeness (QED) is 0.618. The number of aliphatic hydroxyl groups excluding tert-OH is 2. The van der Waals surface area contributed by atoms with E-state index in [1.54, 1.807) is 0 Å². The molecule has 0 aliphatic carbocycles. The Morgan fingerprint density at radius 3 is 2.88 bits per heavy atom. The molecule has 1 aromatic rings. The number of aromatic nitrogens is 2. The number of nitrogens with zero attached hydrogens (tertiary/aromatic N) is 2. The van der Waals surface area contributed by atoms with Crippen LogP contribution in [0.15, 0.2) is 15.7 Å². The number of aliphatic hydroxyl groups is 2. The molecule has 4 nitrogen and oxygen atoms in total. The van der Waals surface area contributed by atoms with Gasteiger partial charge in [0, 0.05) is 18.2 Å². The van der Waals surface area contributed by atoms with Gasteiger partial charge in [0.25, 0.3) is 0 Å². The number of hydrogen-bond acceptors (Lipinski definition) is 5. The van der Waals surface area contributed by atoms with Gasteiger partial charge in [-0.3, -0.25) is 0 Å². The van der Waals surface area contributed by atoms with E-state index in [0.29, 0.717) is 5.75 Å². The second-order valence-corrected chi connectivity index (χ2v) is 5.20. The van der Waals surface area contributed by atoms with Gasteiger partial charge >= 0.3 is 0 Å². The van der Waals surface area contributed by atoms with Crippen LogP contribution in [-0.4, -0.2) is 38.6 Å². The molecule has 0 aliphatic heterocycles. The van der Waals surface area contributed by atoms with Crippen LogP contribution in [0.5, 0.6) is 0 Å². The van der Waals surface area contributed by atoms with E-state index in [-0.39, 0.29) is 6.61 Å². The Hall–Kier alpha value is -0.170. The Kier molecular flexibility index (Phi) is 6.26. The third-order valence-corrected chi connectivity index (χ3v) is 3.29. The Balaban J connectivity index is 2.64. The molecule has 1 atom stereocenters. The van der Waals surface area contributed by atoms with Crippen LogP contribution in [0, 0.1) is 0 Å². The summed E-state index contributed by atoms with van der Waals surface area (Å²) in [6.45, 7) is 1.85. The minimum absolute atomic E-state index is 0.221. The van der Waals surface area contributed by atoms with E-state index in [2.05, 4.69) is 32.8 Å². The molecule has 0 saturated heterocycles. The molecule has 0 spiro atoms. The van der Waals surface area contributed by atoms with Crippen molar-refractivity contribution in [3.05, 3.63) is 16.5 Å². The molecule has 0 aromatic carbocycles. The largest absolute Gasteiger partial charge is 0.394 e. The lowest BCUT2D eigenvalue weighted by Gasteiger charge is -2.07. The van der Waals surface area contributed by atoms with Crippen molar-refractivity contribution in [2.24, 2.45) is 0 Å². The van der Waals surface area contributed by atoms with Crippen LogP contribution in [0.1, 0.15) is 19.2 Å². The zero-order chi connectivity index (χ0) is 12.0. The van der Waals surface area contributed by atoms with Gasteiger partial charge in [-0.2, -0.15) is 0 Å². The Morgan fingerprint density at radius 1 is 1.50 bits per heavy atom. The first kappa shape index (κ1) is 13.9. The van der Waals surface area contributed by atoms with Crippen LogP contribution < -0.4 is 0 Å². The highest BCUT2D eigenvalue weighted by atomic mass is 79.9. The van der Waals surface area contributed by atoms with E-state index in [1.807, 2.05) is 6.07 Å².